The van der Waals surface area contributed by atoms with Crippen molar-refractivity contribution in [2.24, 2.45) is 7.05 Å². The molecule has 3 nitrogen and oxygen atoms in total. The topological polar surface area (TPSA) is 39.1 Å². The largest absolute Gasteiger partial charge is 0.350 e. The molecule has 16 heavy (non-hydrogen) atoms. The molecular formula is C11H12FNO2S. The van der Waals surface area contributed by atoms with Crippen molar-refractivity contribution >= 4 is 20.7 Å². The van der Waals surface area contributed by atoms with E-state index in [1.54, 1.807) is 23.9 Å². The quantitative estimate of drug-likeness (QED) is 0.805. The highest BCUT2D eigenvalue weighted by atomic mass is 32.2. The summed E-state index contributed by atoms with van der Waals surface area (Å²) in [7, 11) is -1.30. The number of hydrogen-bond acceptors (Lipinski definition) is 2. The van der Waals surface area contributed by atoms with E-state index in [-0.39, 0.29) is 11.6 Å². The highest BCUT2D eigenvalue weighted by Crippen LogP contribution is 2.23. The first-order chi connectivity index (χ1) is 7.37. The van der Waals surface area contributed by atoms with Gasteiger partial charge in [0.1, 0.15) is 5.82 Å². The Morgan fingerprint density at radius 2 is 2.06 bits per heavy atom. The van der Waals surface area contributed by atoms with Gasteiger partial charge < -0.3 is 4.57 Å². The van der Waals surface area contributed by atoms with E-state index in [0.717, 1.165) is 5.39 Å². The van der Waals surface area contributed by atoms with Crippen LogP contribution in [0.4, 0.5) is 4.39 Å². The SMILES string of the molecule is Cn1cc(CS(C)(=O)=O)c2ccc(F)cc21. The number of nitrogens with zero attached hydrogens (tertiary/aromatic N) is 1. The Labute approximate surface area is 93.4 Å². The van der Waals surface area contributed by atoms with Crippen molar-refractivity contribution in [1.29, 1.82) is 0 Å². The molecule has 1 aromatic carbocycles. The van der Waals surface area contributed by atoms with Crippen molar-refractivity contribution in [3.63, 3.8) is 0 Å². The Kier molecular flexibility index (Phi) is 2.50. The van der Waals surface area contributed by atoms with Crippen molar-refractivity contribution < 1.29 is 12.8 Å². The van der Waals surface area contributed by atoms with Gasteiger partial charge in [-0.15, -0.1) is 0 Å². The molecule has 1 aromatic heterocycles. The molecule has 0 fully saturated rings. The second-order valence-corrected chi connectivity index (χ2v) is 6.14. The Hall–Kier alpha value is -1.36. The van der Waals surface area contributed by atoms with Gasteiger partial charge in [0.15, 0.2) is 9.84 Å². The number of hydrogen-bond donors (Lipinski definition) is 0. The van der Waals surface area contributed by atoms with Crippen molar-refractivity contribution in [2.75, 3.05) is 6.26 Å². The molecule has 2 aromatic rings. The summed E-state index contributed by atoms with van der Waals surface area (Å²) in [6, 6.07) is 4.36. The van der Waals surface area contributed by atoms with Gasteiger partial charge in [0.2, 0.25) is 0 Å². The van der Waals surface area contributed by atoms with E-state index >= 15 is 0 Å². The predicted octanol–water partition coefficient (Wildman–Crippen LogP) is 1.86. The Morgan fingerprint density at radius 1 is 1.38 bits per heavy atom. The van der Waals surface area contributed by atoms with Crippen molar-refractivity contribution in [2.45, 2.75) is 5.75 Å². The molecule has 1 heterocycles. The lowest BCUT2D eigenvalue weighted by molar-refractivity contribution is 0.601. The third-order valence-corrected chi connectivity index (χ3v) is 3.29. The zero-order valence-corrected chi connectivity index (χ0v) is 9.88. The first-order valence-electron chi connectivity index (χ1n) is 4.78. The number of aromatic nitrogens is 1. The molecule has 0 aliphatic carbocycles. The average molecular weight is 241 g/mol. The van der Waals surface area contributed by atoms with Crippen LogP contribution in [0.3, 0.4) is 0 Å². The smallest absolute Gasteiger partial charge is 0.151 e. The summed E-state index contributed by atoms with van der Waals surface area (Å²) in [5.74, 6) is -0.338. The van der Waals surface area contributed by atoms with Crippen molar-refractivity contribution in [3.8, 4) is 0 Å². The molecule has 0 amide bonds. The fraction of sp³-hybridized carbons (Fsp3) is 0.273. The summed E-state index contributed by atoms with van der Waals surface area (Å²) in [6.07, 6.45) is 2.92. The van der Waals surface area contributed by atoms with E-state index < -0.39 is 9.84 Å². The zero-order valence-electron chi connectivity index (χ0n) is 9.07. The molecule has 86 valence electrons. The lowest BCUT2D eigenvalue weighted by atomic mass is 10.2. The predicted molar refractivity (Wildman–Crippen MR) is 61.4 cm³/mol. The minimum Gasteiger partial charge on any atom is -0.350 e. The third kappa shape index (κ3) is 2.09. The molecule has 0 aliphatic heterocycles. The van der Waals surface area contributed by atoms with Crippen LogP contribution in [0.1, 0.15) is 5.56 Å². The molecule has 0 unspecified atom stereocenters. The molecule has 0 atom stereocenters. The summed E-state index contributed by atoms with van der Waals surface area (Å²) >= 11 is 0. The number of aryl methyl sites for hydroxylation is 1. The van der Waals surface area contributed by atoms with E-state index in [1.165, 1.54) is 18.4 Å². The Morgan fingerprint density at radius 3 is 2.69 bits per heavy atom. The van der Waals surface area contributed by atoms with Crippen LogP contribution in [0.5, 0.6) is 0 Å². The van der Waals surface area contributed by atoms with Crippen LogP contribution in [-0.2, 0) is 22.6 Å². The van der Waals surface area contributed by atoms with Gasteiger partial charge in [-0.25, -0.2) is 12.8 Å². The maximum absolute atomic E-state index is 13.0. The number of benzene rings is 1. The van der Waals surface area contributed by atoms with Gasteiger partial charge in [0, 0.05) is 24.9 Å². The fourth-order valence-corrected chi connectivity index (χ4v) is 2.63. The summed E-state index contributed by atoms with van der Waals surface area (Å²) in [5.41, 5.74) is 1.42. The first kappa shape index (κ1) is 11.1. The zero-order chi connectivity index (χ0) is 11.9. The normalized spacial score (nSPS) is 12.2. The molecule has 0 spiro atoms. The third-order valence-electron chi connectivity index (χ3n) is 2.45. The van der Waals surface area contributed by atoms with Crippen LogP contribution >= 0.6 is 0 Å². The number of halogens is 1. The average Bonchev–Trinajstić information content (AvgIpc) is 2.40. The summed E-state index contributed by atoms with van der Waals surface area (Å²) < 4.78 is 37.2. The van der Waals surface area contributed by atoms with Gasteiger partial charge in [-0.05, 0) is 23.8 Å². The molecule has 0 bridgehead atoms. The summed E-state index contributed by atoms with van der Waals surface area (Å²) in [4.78, 5) is 0. The van der Waals surface area contributed by atoms with Gasteiger partial charge in [-0.2, -0.15) is 0 Å². The fourth-order valence-electron chi connectivity index (χ4n) is 1.84. The monoisotopic (exact) mass is 241 g/mol. The minimum absolute atomic E-state index is 0.0179. The van der Waals surface area contributed by atoms with E-state index in [0.29, 0.717) is 11.1 Å². The molecule has 0 saturated heterocycles. The van der Waals surface area contributed by atoms with Crippen LogP contribution in [0.2, 0.25) is 0 Å². The standard InChI is InChI=1S/C11H12FNO2S/c1-13-6-8(7-16(2,14)15)10-4-3-9(12)5-11(10)13/h3-6H,7H2,1-2H3. The maximum Gasteiger partial charge on any atom is 0.151 e. The van der Waals surface area contributed by atoms with Gasteiger partial charge in [0.05, 0.1) is 11.3 Å². The maximum atomic E-state index is 13.0. The Bertz CT molecular complexity index is 643. The van der Waals surface area contributed by atoms with Gasteiger partial charge in [0.25, 0.3) is 0 Å². The molecule has 0 aliphatic rings. The van der Waals surface area contributed by atoms with Crippen molar-refractivity contribution in [1.82, 2.24) is 4.57 Å². The highest BCUT2D eigenvalue weighted by molar-refractivity contribution is 7.89. The Balaban J connectivity index is 2.64. The lowest BCUT2D eigenvalue weighted by Crippen LogP contribution is -1.99. The second kappa shape index (κ2) is 3.59. The van der Waals surface area contributed by atoms with E-state index in [4.69, 9.17) is 0 Å². The van der Waals surface area contributed by atoms with Crippen LogP contribution in [0.25, 0.3) is 10.9 Å². The molecular weight excluding hydrogens is 229 g/mol. The van der Waals surface area contributed by atoms with E-state index in [9.17, 15) is 12.8 Å². The molecule has 0 radical (unpaired) electrons. The lowest BCUT2D eigenvalue weighted by Gasteiger charge is -1.97. The molecule has 2 rings (SSSR count). The van der Waals surface area contributed by atoms with Crippen LogP contribution in [0.15, 0.2) is 24.4 Å². The number of fused-ring (bicyclic) bond motifs is 1. The molecule has 0 saturated carbocycles. The molecule has 0 N–H and O–H groups in total. The highest BCUT2D eigenvalue weighted by Gasteiger charge is 2.12. The minimum atomic E-state index is -3.07. The van der Waals surface area contributed by atoms with Crippen molar-refractivity contribution in [3.05, 3.63) is 35.8 Å². The van der Waals surface area contributed by atoms with E-state index in [2.05, 4.69) is 0 Å². The van der Waals surface area contributed by atoms with Crippen LogP contribution in [0, 0.1) is 5.82 Å². The second-order valence-electron chi connectivity index (χ2n) is 4.00. The number of rotatable bonds is 2. The van der Waals surface area contributed by atoms with E-state index in [1.807, 2.05) is 0 Å². The summed E-state index contributed by atoms with van der Waals surface area (Å²) in [5, 5.41) is 0.786. The number of sulfone groups is 1. The van der Waals surface area contributed by atoms with Crippen LogP contribution in [-0.4, -0.2) is 19.2 Å². The van der Waals surface area contributed by atoms with Crippen LogP contribution < -0.4 is 0 Å². The van der Waals surface area contributed by atoms with Gasteiger partial charge >= 0.3 is 0 Å². The summed E-state index contributed by atoms with van der Waals surface area (Å²) in [6.45, 7) is 0. The van der Waals surface area contributed by atoms with Gasteiger partial charge in [-0.3, -0.25) is 0 Å². The first-order valence-corrected chi connectivity index (χ1v) is 6.84. The molecule has 5 heteroatoms. The van der Waals surface area contributed by atoms with Gasteiger partial charge in [-0.1, -0.05) is 0 Å².